The lowest BCUT2D eigenvalue weighted by molar-refractivity contribution is 0.404. The van der Waals surface area contributed by atoms with E-state index >= 15 is 0 Å². The number of hydrogen-bond acceptors (Lipinski definition) is 4. The minimum Gasteiger partial charge on any atom is -0.351 e. The van der Waals surface area contributed by atoms with Gasteiger partial charge in [0, 0.05) is 16.9 Å². The third-order valence-corrected chi connectivity index (χ3v) is 6.30. The summed E-state index contributed by atoms with van der Waals surface area (Å²) in [6.45, 7) is 5.57. The first-order valence-corrected chi connectivity index (χ1v) is 11.5. The van der Waals surface area contributed by atoms with Crippen LogP contribution >= 0.6 is 12.2 Å². The second-order valence-corrected chi connectivity index (χ2v) is 8.88. The highest BCUT2D eigenvalue weighted by Crippen LogP contribution is 2.39. The maximum Gasteiger partial charge on any atom is 0.258 e. The molecule has 0 bridgehead atoms. The molecule has 0 saturated carbocycles. The van der Waals surface area contributed by atoms with Crippen molar-refractivity contribution in [3.8, 4) is 11.4 Å². The zero-order chi connectivity index (χ0) is 24.7. The Morgan fingerprint density at radius 3 is 2.51 bits per heavy atom. The van der Waals surface area contributed by atoms with E-state index in [0.29, 0.717) is 39.0 Å². The van der Waals surface area contributed by atoms with E-state index < -0.39 is 6.04 Å². The van der Waals surface area contributed by atoms with Crippen molar-refractivity contribution in [2.45, 2.75) is 26.8 Å². The molecule has 0 amide bonds. The first-order valence-electron chi connectivity index (χ1n) is 11.1. The molecule has 3 aromatic carbocycles. The molecule has 8 heteroatoms. The van der Waals surface area contributed by atoms with Crippen LogP contribution < -0.4 is 10.2 Å². The summed E-state index contributed by atoms with van der Waals surface area (Å²) < 4.78 is 33.9. The Hall–Kier alpha value is -3.91. The van der Waals surface area contributed by atoms with Crippen molar-refractivity contribution in [1.82, 2.24) is 15.5 Å². The van der Waals surface area contributed by atoms with Gasteiger partial charge in [-0.25, -0.2) is 8.78 Å². The van der Waals surface area contributed by atoms with Crippen molar-refractivity contribution in [3.63, 3.8) is 0 Å². The highest BCUT2D eigenvalue weighted by atomic mass is 32.1. The van der Waals surface area contributed by atoms with Gasteiger partial charge in [-0.05, 0) is 80.5 Å². The number of benzene rings is 3. The van der Waals surface area contributed by atoms with Gasteiger partial charge in [-0.2, -0.15) is 4.98 Å². The lowest BCUT2D eigenvalue weighted by Crippen LogP contribution is -2.46. The van der Waals surface area contributed by atoms with Gasteiger partial charge < -0.3 is 9.84 Å². The Kier molecular flexibility index (Phi) is 5.90. The summed E-state index contributed by atoms with van der Waals surface area (Å²) in [5.41, 5.74) is 5.10. The van der Waals surface area contributed by atoms with Crippen LogP contribution in [0.1, 0.15) is 35.5 Å². The molecule has 5 nitrogen and oxygen atoms in total. The number of rotatable bonds is 4. The third kappa shape index (κ3) is 4.33. The highest BCUT2D eigenvalue weighted by molar-refractivity contribution is 7.80. The van der Waals surface area contributed by atoms with Crippen molar-refractivity contribution in [1.29, 1.82) is 0 Å². The van der Waals surface area contributed by atoms with E-state index in [9.17, 15) is 8.78 Å². The van der Waals surface area contributed by atoms with E-state index in [4.69, 9.17) is 16.7 Å². The van der Waals surface area contributed by atoms with Crippen LogP contribution in [-0.4, -0.2) is 15.3 Å². The zero-order valence-electron chi connectivity index (χ0n) is 19.3. The van der Waals surface area contributed by atoms with Gasteiger partial charge in [0.15, 0.2) is 5.11 Å². The summed E-state index contributed by atoms with van der Waals surface area (Å²) in [5.74, 6) is 0.0602. The Morgan fingerprint density at radius 1 is 0.971 bits per heavy atom. The number of nitrogens with one attached hydrogen (secondary N) is 1. The Balaban J connectivity index is 1.67. The lowest BCUT2D eigenvalue weighted by Gasteiger charge is -2.37. The fourth-order valence-corrected chi connectivity index (χ4v) is 4.63. The summed E-state index contributed by atoms with van der Waals surface area (Å²) in [6, 6.07) is 18.4. The number of thiocarbonyl (C=S) groups is 1. The summed E-state index contributed by atoms with van der Waals surface area (Å²) in [5, 5.41) is 7.89. The molecule has 5 rings (SSSR count). The van der Waals surface area contributed by atoms with Crippen LogP contribution in [0, 0.1) is 25.5 Å². The number of nitrogens with zero attached hydrogens (tertiary/aromatic N) is 3. The molecular weight excluding hydrogens is 466 g/mol. The van der Waals surface area contributed by atoms with E-state index in [0.717, 1.165) is 11.1 Å². The van der Waals surface area contributed by atoms with E-state index in [1.807, 2.05) is 44.2 Å². The molecule has 176 valence electrons. The minimum absolute atomic E-state index is 0.284. The van der Waals surface area contributed by atoms with E-state index in [1.54, 1.807) is 30.0 Å². The second kappa shape index (κ2) is 9.03. The van der Waals surface area contributed by atoms with Gasteiger partial charge in [-0.15, -0.1) is 0 Å². The fraction of sp³-hybridized carbons (Fsp3) is 0.148. The van der Waals surface area contributed by atoms with Crippen molar-refractivity contribution >= 4 is 28.6 Å². The van der Waals surface area contributed by atoms with Crippen LogP contribution in [0.25, 0.3) is 17.0 Å². The van der Waals surface area contributed by atoms with Crippen molar-refractivity contribution in [3.05, 3.63) is 107 Å². The summed E-state index contributed by atoms with van der Waals surface area (Å²) in [7, 11) is 0. The first kappa shape index (κ1) is 22.9. The molecule has 0 saturated heterocycles. The molecule has 1 aromatic heterocycles. The van der Waals surface area contributed by atoms with Gasteiger partial charge >= 0.3 is 0 Å². The Bertz CT molecular complexity index is 1480. The fourth-order valence-electron chi connectivity index (χ4n) is 4.27. The zero-order valence-corrected chi connectivity index (χ0v) is 20.2. The van der Waals surface area contributed by atoms with Crippen molar-refractivity contribution in [2.24, 2.45) is 0 Å². The lowest BCUT2D eigenvalue weighted by atomic mass is 9.94. The summed E-state index contributed by atoms with van der Waals surface area (Å²) in [6.07, 6.45) is 0. The largest absolute Gasteiger partial charge is 0.351 e. The van der Waals surface area contributed by atoms with Crippen molar-refractivity contribution in [2.75, 3.05) is 4.90 Å². The molecule has 35 heavy (non-hydrogen) atoms. The smallest absolute Gasteiger partial charge is 0.258 e. The van der Waals surface area contributed by atoms with Crippen molar-refractivity contribution < 1.29 is 13.3 Å². The van der Waals surface area contributed by atoms with E-state index in [-0.39, 0.29) is 17.5 Å². The number of anilines is 1. The first-order chi connectivity index (χ1) is 16.8. The maximum absolute atomic E-state index is 14.2. The molecule has 0 aliphatic carbocycles. The second-order valence-electron chi connectivity index (χ2n) is 8.50. The van der Waals surface area contributed by atoms with Crippen LogP contribution in [0.5, 0.6) is 0 Å². The predicted molar refractivity (Wildman–Crippen MR) is 136 cm³/mol. The average Bonchev–Trinajstić information content (AvgIpc) is 3.31. The highest BCUT2D eigenvalue weighted by Gasteiger charge is 2.35. The van der Waals surface area contributed by atoms with Crippen LogP contribution in [0.3, 0.4) is 0 Å². The SMILES string of the molecule is CC1=C(c2nc(-c3cccc(C)c3)no2)C(c2cccc(F)c2)NC(=S)N1c1ccc(F)c(C)c1. The molecule has 0 spiro atoms. The molecule has 1 aliphatic heterocycles. The molecule has 1 atom stereocenters. The number of hydrogen-bond donors (Lipinski definition) is 1. The molecule has 0 fully saturated rings. The molecular formula is C27H22F2N4OS. The number of halogens is 2. The van der Waals surface area contributed by atoms with E-state index in [1.165, 1.54) is 18.2 Å². The van der Waals surface area contributed by atoms with Gasteiger partial charge in [0.05, 0.1) is 11.6 Å². The Morgan fingerprint density at radius 2 is 1.77 bits per heavy atom. The topological polar surface area (TPSA) is 54.2 Å². The number of aromatic nitrogens is 2. The quantitative estimate of drug-likeness (QED) is 0.331. The molecule has 0 radical (unpaired) electrons. The average molecular weight is 489 g/mol. The molecule has 1 aliphatic rings. The van der Waals surface area contributed by atoms with Gasteiger partial charge in [0.1, 0.15) is 11.6 Å². The van der Waals surface area contributed by atoms with Crippen LogP contribution in [-0.2, 0) is 0 Å². The van der Waals surface area contributed by atoms with Crippen LogP contribution in [0.2, 0.25) is 0 Å². The number of aryl methyl sites for hydroxylation is 2. The Labute approximate surface area is 207 Å². The van der Waals surface area contributed by atoms with Gasteiger partial charge in [-0.1, -0.05) is 41.1 Å². The summed E-state index contributed by atoms with van der Waals surface area (Å²) >= 11 is 5.70. The van der Waals surface area contributed by atoms with Crippen LogP contribution in [0.15, 0.2) is 77.0 Å². The van der Waals surface area contributed by atoms with Crippen LogP contribution in [0.4, 0.5) is 14.5 Å². The molecule has 1 N–H and O–H groups in total. The third-order valence-electron chi connectivity index (χ3n) is 6.00. The standard InChI is InChI=1S/C27H22F2N4OS/c1-15-6-4-8-19(12-15)25-31-26(34-32-25)23-17(3)33(21-10-11-22(29)16(2)13-21)27(35)30-24(23)18-7-5-9-20(28)14-18/h4-14,24H,1-3H3,(H,30,35). The van der Waals surface area contributed by atoms with E-state index in [2.05, 4.69) is 15.5 Å². The monoisotopic (exact) mass is 488 g/mol. The molecule has 2 heterocycles. The predicted octanol–water partition coefficient (Wildman–Crippen LogP) is 6.50. The molecule has 4 aromatic rings. The normalized spacial score (nSPS) is 16.0. The van der Waals surface area contributed by atoms with Gasteiger partial charge in [0.2, 0.25) is 5.82 Å². The molecule has 1 unspecified atom stereocenters. The maximum atomic E-state index is 14.2. The van der Waals surface area contributed by atoms with Gasteiger partial charge in [0.25, 0.3) is 5.89 Å². The number of allylic oxidation sites excluding steroid dienone is 1. The van der Waals surface area contributed by atoms with Gasteiger partial charge in [-0.3, -0.25) is 4.90 Å². The minimum atomic E-state index is -0.526. The summed E-state index contributed by atoms with van der Waals surface area (Å²) in [4.78, 5) is 6.47.